The predicted octanol–water partition coefficient (Wildman–Crippen LogP) is 18.1. The van der Waals surface area contributed by atoms with Gasteiger partial charge >= 0.3 is 18.3 Å². The van der Waals surface area contributed by atoms with E-state index >= 15 is 0 Å². The van der Waals surface area contributed by atoms with E-state index in [0.717, 1.165) is 158 Å². The number of amides is 3. The molecule has 0 saturated carbocycles. The number of aldehydes is 1. The van der Waals surface area contributed by atoms with Crippen LogP contribution >= 0.6 is 17.0 Å². The van der Waals surface area contributed by atoms with E-state index in [1.54, 1.807) is 0 Å². The van der Waals surface area contributed by atoms with Gasteiger partial charge in [0, 0.05) is 51.8 Å². The summed E-state index contributed by atoms with van der Waals surface area (Å²) in [5.74, 6) is -0.833. The van der Waals surface area contributed by atoms with E-state index in [0.29, 0.717) is 39.5 Å². The van der Waals surface area contributed by atoms with Crippen LogP contribution in [0.3, 0.4) is 0 Å². The lowest BCUT2D eigenvalue weighted by molar-refractivity contribution is -0.134. The minimum absolute atomic E-state index is 0. The molecule has 3 amide bonds. The summed E-state index contributed by atoms with van der Waals surface area (Å²) in [4.78, 5) is 58.9. The van der Waals surface area contributed by atoms with Crippen molar-refractivity contribution in [1.82, 2.24) is 31.1 Å². The van der Waals surface area contributed by atoms with Crippen molar-refractivity contribution in [2.24, 2.45) is 11.5 Å². The highest BCUT2D eigenvalue weighted by Crippen LogP contribution is 2.15. The highest BCUT2D eigenvalue weighted by Gasteiger charge is 2.09. The first-order valence-corrected chi connectivity index (χ1v) is 37.4. The molecular weight excluding hydrogens is 1370 g/mol. The fourth-order valence-electron chi connectivity index (χ4n) is 10.4. The lowest BCUT2D eigenvalue weighted by Crippen LogP contribution is -2.25. The summed E-state index contributed by atoms with van der Waals surface area (Å²) in [7, 11) is 0. The van der Waals surface area contributed by atoms with E-state index in [9.17, 15) is 19.2 Å². The number of hydrogen-bond acceptors (Lipinski definition) is 13. The first kappa shape index (κ1) is 93.8. The summed E-state index contributed by atoms with van der Waals surface area (Å²) in [6, 6.07) is 62.4. The van der Waals surface area contributed by atoms with Gasteiger partial charge in [0.15, 0.2) is 0 Å². The Morgan fingerprint density at radius 3 is 0.990 bits per heavy atom. The van der Waals surface area contributed by atoms with Crippen LogP contribution in [0.25, 0.3) is 0 Å². The van der Waals surface area contributed by atoms with Crippen molar-refractivity contribution >= 4 is 47.5 Å². The molecule has 7 rings (SSSR count). The number of unbranched alkanes of at least 4 members (excludes halogenated alkanes) is 12. The lowest BCUT2D eigenvalue weighted by Gasteiger charge is -2.21. The second kappa shape index (κ2) is 64.4. The Bertz CT molecular complexity index is 3260. The van der Waals surface area contributed by atoms with Crippen molar-refractivity contribution < 1.29 is 43.3 Å². The van der Waals surface area contributed by atoms with Crippen LogP contribution in [-0.2, 0) is 58.5 Å². The maximum absolute atomic E-state index is 11.7. The molecule has 0 radical (unpaired) electrons. The van der Waals surface area contributed by atoms with E-state index in [1.807, 2.05) is 122 Å². The minimum atomic E-state index is -0.833. The maximum Gasteiger partial charge on any atom is 0.407 e. The molecule has 0 unspecified atom stereocenters. The molecular formula is C86H127BrN8O9. The molecule has 0 aliphatic heterocycles. The lowest BCUT2D eigenvalue weighted by atomic mass is 10.1. The van der Waals surface area contributed by atoms with E-state index in [1.165, 1.54) is 84.9 Å². The van der Waals surface area contributed by atoms with Gasteiger partial charge in [-0.25, -0.2) is 14.4 Å². The molecule has 17 nitrogen and oxygen atoms in total. The van der Waals surface area contributed by atoms with Crippen LogP contribution in [0.5, 0.6) is 0 Å². The maximum atomic E-state index is 11.7. The van der Waals surface area contributed by atoms with Crippen LogP contribution in [0.1, 0.15) is 189 Å². The number of nitrogens with zero attached hydrogens (tertiary/aromatic N) is 2. The second-order valence-electron chi connectivity index (χ2n) is 25.4. The highest BCUT2D eigenvalue weighted by molar-refractivity contribution is 8.93. The van der Waals surface area contributed by atoms with Gasteiger partial charge in [0.05, 0.1) is 0 Å². The van der Waals surface area contributed by atoms with Gasteiger partial charge in [-0.1, -0.05) is 253 Å². The molecule has 572 valence electrons. The van der Waals surface area contributed by atoms with E-state index in [4.69, 9.17) is 35.6 Å². The molecule has 0 aliphatic rings. The first-order chi connectivity index (χ1) is 50.1. The number of rotatable bonds is 41. The molecule has 0 aliphatic carbocycles. The van der Waals surface area contributed by atoms with Gasteiger partial charge in [-0.2, -0.15) is 0 Å². The number of aryl methyl sites for hydroxylation is 4. The van der Waals surface area contributed by atoms with Crippen LogP contribution in [0.2, 0.25) is 0 Å². The van der Waals surface area contributed by atoms with E-state index < -0.39 is 5.97 Å². The Morgan fingerprint density at radius 2 is 0.683 bits per heavy atom. The van der Waals surface area contributed by atoms with Crippen molar-refractivity contribution in [2.45, 2.75) is 191 Å². The largest absolute Gasteiger partial charge is 0.481 e. The number of alkyl carbamates (subject to hydrolysis) is 3. The number of nitrogens with two attached hydrogens (primary N) is 2. The van der Waals surface area contributed by atoms with Gasteiger partial charge < -0.3 is 52.1 Å². The summed E-state index contributed by atoms with van der Waals surface area (Å²) in [5.41, 5.74) is 24.1. The Hall–Kier alpha value is -8.23. The molecule has 0 saturated heterocycles. The third-order valence-electron chi connectivity index (χ3n) is 16.8. The van der Waals surface area contributed by atoms with Crippen molar-refractivity contribution in [3.63, 3.8) is 0 Å². The zero-order valence-corrected chi connectivity index (χ0v) is 65.5. The molecule has 7 aromatic carbocycles. The summed E-state index contributed by atoms with van der Waals surface area (Å²) < 4.78 is 15.5. The molecule has 7 aromatic rings. The highest BCUT2D eigenvalue weighted by atomic mass is 79.9. The number of hydrogen-bond donors (Lipinski definition) is 7. The van der Waals surface area contributed by atoms with Gasteiger partial charge in [0.1, 0.15) is 26.1 Å². The topological polar surface area (TPSA) is 240 Å². The molecule has 0 spiro atoms. The average Bonchev–Trinajstić information content (AvgIpc) is 0.919. The second-order valence-corrected chi connectivity index (χ2v) is 25.4. The van der Waals surface area contributed by atoms with Crippen LogP contribution in [0.4, 0.5) is 14.4 Å². The quantitative estimate of drug-likeness (QED) is 0.0107. The Labute approximate surface area is 635 Å². The molecule has 0 fully saturated rings. The van der Waals surface area contributed by atoms with E-state index in [2.05, 4.69) is 138 Å². The fraction of sp³-hybridized carbons (Fsp3) is 0.453. The summed E-state index contributed by atoms with van der Waals surface area (Å²) in [5, 5.41) is 19.3. The Morgan fingerprint density at radius 1 is 0.394 bits per heavy atom. The van der Waals surface area contributed by atoms with Crippen LogP contribution in [0.15, 0.2) is 188 Å². The van der Waals surface area contributed by atoms with E-state index in [-0.39, 0.29) is 35.3 Å². The summed E-state index contributed by atoms with van der Waals surface area (Å²) >= 11 is 0. The summed E-state index contributed by atoms with van der Waals surface area (Å²) in [6.07, 6.45) is 18.1. The van der Waals surface area contributed by atoms with Crippen LogP contribution in [0, 0.1) is 27.7 Å². The van der Waals surface area contributed by atoms with Crippen molar-refractivity contribution in [3.8, 4) is 0 Å². The van der Waals surface area contributed by atoms with Gasteiger partial charge in [-0.15, -0.1) is 17.0 Å². The molecule has 0 heterocycles. The SMILES string of the molecule is Br.CC(=O)O.CCN(CCCCCCN)Cc1ccccc1C.CCN(CCCCCCNC(=O)OCc1ccccc1)Cc1ccccc1C.Cc1ccccc1C=O.Cc1ccccc1CNCCCCCCNC(=O)OCc1ccccc1.NCCCCCCNC(=O)OCc1ccccc1. The zero-order chi connectivity index (χ0) is 75.0. The average molecular weight is 1500 g/mol. The molecule has 104 heavy (non-hydrogen) atoms. The Kier molecular flexibility index (Phi) is 58.1. The smallest absolute Gasteiger partial charge is 0.407 e. The number of carbonyl (C=O) groups is 5. The number of benzene rings is 7. The Balaban J connectivity index is 0.000000661. The first-order valence-electron chi connectivity index (χ1n) is 37.4. The zero-order valence-electron chi connectivity index (χ0n) is 63.8. The number of ether oxygens (including phenoxy) is 3. The van der Waals surface area contributed by atoms with Crippen LogP contribution < -0.4 is 32.7 Å². The molecule has 0 atom stereocenters. The normalized spacial score (nSPS) is 10.2. The van der Waals surface area contributed by atoms with Crippen molar-refractivity contribution in [1.29, 1.82) is 0 Å². The third-order valence-corrected chi connectivity index (χ3v) is 16.8. The molecule has 0 aromatic heterocycles. The fourth-order valence-corrected chi connectivity index (χ4v) is 10.4. The number of halogens is 1. The van der Waals surface area contributed by atoms with Crippen molar-refractivity contribution in [2.75, 3.05) is 65.4 Å². The molecule has 9 N–H and O–H groups in total. The standard InChI is InChI=1S/C24H34N2O2.C22H30N2O2.C16H28N2.C14H22N2O2.C8H8O.C2H4O2.BrH/c1-3-26(19-23-16-10-9-13-21(23)2)18-12-5-4-11-17-25-24(27)28-20-22-14-7-6-8-15-22;1-19-11-7-8-14-21(19)17-23-15-9-2-3-10-16-24-22(25)26-18-20-12-5-4-6-13-20;1-3-18(13-9-5-4-8-12-17)14-16-11-7-6-10-15(16)2;15-10-6-1-2-7-11-16-14(17)18-12-13-8-4-3-5-9-13;1-7-4-2-3-5-8(7)6-9;1-2(3)4;/h6-10,13-16H,3-5,11-12,17-20H2,1-2H3,(H,25,27);4-8,11-14,23H,2-3,9-10,15-18H2,1H3,(H,24,25);6-7,10-11H,3-5,8-9,12-14,17H2,1-2H3;3-5,8-9H,1-2,6-7,10-12,15H2,(H,16,17);2-6H,1H3;1H3,(H,3,4);1H. The monoisotopic (exact) mass is 1490 g/mol. The number of aliphatic carboxylic acids is 1. The van der Waals surface area contributed by atoms with Gasteiger partial charge in [-0.3, -0.25) is 19.4 Å². The number of carboxylic acid groups (broad SMARTS) is 1. The van der Waals surface area contributed by atoms with Crippen LogP contribution in [-0.4, -0.2) is 111 Å². The van der Waals surface area contributed by atoms with Crippen molar-refractivity contribution in [3.05, 3.63) is 249 Å². The molecule has 18 heteroatoms. The molecule has 0 bridgehead atoms. The number of nitrogens with one attached hydrogen (secondary N) is 4. The summed E-state index contributed by atoms with van der Waals surface area (Å²) in [6.45, 7) is 27.1. The van der Waals surface area contributed by atoms with Gasteiger partial charge in [0.2, 0.25) is 0 Å². The number of carbonyl (C=O) groups excluding carboxylic acids is 4. The van der Waals surface area contributed by atoms with Gasteiger partial charge in [0.25, 0.3) is 5.97 Å². The minimum Gasteiger partial charge on any atom is -0.481 e. The number of carboxylic acids is 1. The third kappa shape index (κ3) is 51.0. The van der Waals surface area contributed by atoms with Gasteiger partial charge in [-0.05, 0) is 181 Å². The predicted molar refractivity (Wildman–Crippen MR) is 433 cm³/mol.